The van der Waals surface area contributed by atoms with Crippen molar-refractivity contribution in [2.45, 2.75) is 30.0 Å². The molecule has 2 fully saturated rings. The van der Waals surface area contributed by atoms with E-state index in [1.54, 1.807) is 0 Å². The van der Waals surface area contributed by atoms with Gasteiger partial charge >= 0.3 is 12.4 Å². The van der Waals surface area contributed by atoms with E-state index in [2.05, 4.69) is 10.1 Å². The molecule has 0 radical (unpaired) electrons. The van der Waals surface area contributed by atoms with E-state index < -0.39 is 62.8 Å². The number of aromatic nitrogens is 1. The van der Waals surface area contributed by atoms with Crippen LogP contribution < -0.4 is 0 Å². The molecule has 0 spiro atoms. The molecular weight excluding hydrogens is 547 g/mol. The number of nitrogens with zero attached hydrogens (tertiary/aromatic N) is 3. The molecule has 1 amide bonds. The first-order valence-electron chi connectivity index (χ1n) is 11.2. The fourth-order valence-electron chi connectivity index (χ4n) is 4.68. The number of oxime groups is 1. The third-order valence-corrected chi connectivity index (χ3v) is 8.67. The third kappa shape index (κ3) is 4.39. The monoisotopic (exact) mass is 565 g/mol. The van der Waals surface area contributed by atoms with Crippen molar-refractivity contribution < 1.29 is 48.8 Å². The van der Waals surface area contributed by atoms with E-state index in [1.807, 2.05) is 0 Å². The van der Waals surface area contributed by atoms with Gasteiger partial charge in [0.05, 0.1) is 53.9 Å². The Balaban J connectivity index is 1.31. The summed E-state index contributed by atoms with van der Waals surface area (Å²) in [5, 5.41) is 3.48. The molecule has 3 aliphatic rings. The van der Waals surface area contributed by atoms with Crippen LogP contribution in [-0.4, -0.2) is 60.7 Å². The highest BCUT2D eigenvalue weighted by Crippen LogP contribution is 2.49. The lowest BCUT2D eigenvalue weighted by Gasteiger charge is -2.46. The zero-order valence-corrected chi connectivity index (χ0v) is 20.0. The summed E-state index contributed by atoms with van der Waals surface area (Å²) in [6.45, 7) is -0.711. The molecule has 0 N–H and O–H groups in total. The third-order valence-electron chi connectivity index (χ3n) is 6.85. The molecule has 2 aromatic rings. The summed E-state index contributed by atoms with van der Waals surface area (Å²) in [6.07, 6.45) is -9.86. The van der Waals surface area contributed by atoms with Crippen molar-refractivity contribution in [3.63, 3.8) is 0 Å². The largest absolute Gasteiger partial charge is 0.435 e. The quantitative estimate of drug-likeness (QED) is 0.528. The molecule has 1 unspecified atom stereocenters. The first-order chi connectivity index (χ1) is 17.5. The number of sulfone groups is 1. The van der Waals surface area contributed by atoms with Gasteiger partial charge in [-0.3, -0.25) is 9.78 Å². The summed E-state index contributed by atoms with van der Waals surface area (Å²) in [5.74, 6) is -1.73. The minimum Gasteiger partial charge on any atom is -0.374 e. The standard InChI is InChI=1S/C23H18F7N3O4S/c24-20(11-33(12-20)19(34)14-9-38(35,36)10-14)18-5-4-13(8-31-18)17-7-21(37-32-17,23(28,29)30)15-2-1-3-16(6-15)22(25,26)27/h1-6,8,14H,7,9-12H2. The Hall–Kier alpha value is -3.23. The van der Waals surface area contributed by atoms with Crippen LogP contribution in [0.1, 0.15) is 28.8 Å². The van der Waals surface area contributed by atoms with Crippen molar-refractivity contribution >= 4 is 21.5 Å². The molecule has 0 aliphatic carbocycles. The number of benzene rings is 1. The lowest BCUT2D eigenvalue weighted by atomic mass is 9.85. The smallest absolute Gasteiger partial charge is 0.374 e. The van der Waals surface area contributed by atoms with Crippen molar-refractivity contribution in [1.82, 2.24) is 9.88 Å². The zero-order chi connectivity index (χ0) is 27.7. The van der Waals surface area contributed by atoms with Crippen molar-refractivity contribution in [3.05, 3.63) is 65.0 Å². The number of alkyl halides is 7. The van der Waals surface area contributed by atoms with Gasteiger partial charge in [-0.25, -0.2) is 12.8 Å². The molecule has 5 rings (SSSR count). The molecule has 1 atom stereocenters. The van der Waals surface area contributed by atoms with Crippen LogP contribution in [0.4, 0.5) is 30.7 Å². The zero-order valence-electron chi connectivity index (χ0n) is 19.2. The number of likely N-dealkylation sites (tertiary alicyclic amines) is 1. The van der Waals surface area contributed by atoms with Gasteiger partial charge in [-0.1, -0.05) is 17.3 Å². The van der Waals surface area contributed by atoms with Crippen molar-refractivity contribution in [2.24, 2.45) is 11.1 Å². The van der Waals surface area contributed by atoms with Gasteiger partial charge in [0.1, 0.15) is 0 Å². The van der Waals surface area contributed by atoms with Crippen LogP contribution in [0.15, 0.2) is 47.8 Å². The predicted molar refractivity (Wildman–Crippen MR) is 117 cm³/mol. The molecule has 204 valence electrons. The number of amides is 1. The molecule has 1 aromatic heterocycles. The lowest BCUT2D eigenvalue weighted by molar-refractivity contribution is -0.276. The highest BCUT2D eigenvalue weighted by molar-refractivity contribution is 7.92. The molecule has 7 nitrogen and oxygen atoms in total. The van der Waals surface area contributed by atoms with Crippen LogP contribution in [0.5, 0.6) is 0 Å². The van der Waals surface area contributed by atoms with Gasteiger partial charge in [0.2, 0.25) is 5.91 Å². The fraction of sp³-hybridized carbons (Fsp3) is 0.435. The van der Waals surface area contributed by atoms with Crippen LogP contribution in [0.3, 0.4) is 0 Å². The summed E-state index contributed by atoms with van der Waals surface area (Å²) >= 11 is 0. The topological polar surface area (TPSA) is 88.9 Å². The summed E-state index contributed by atoms with van der Waals surface area (Å²) in [6, 6.07) is 5.20. The second-order valence-corrected chi connectivity index (χ2v) is 11.7. The maximum atomic E-state index is 15.3. The van der Waals surface area contributed by atoms with E-state index in [1.165, 1.54) is 17.0 Å². The van der Waals surface area contributed by atoms with Crippen LogP contribution >= 0.6 is 0 Å². The van der Waals surface area contributed by atoms with Crippen molar-refractivity contribution in [2.75, 3.05) is 24.6 Å². The number of pyridine rings is 1. The maximum absolute atomic E-state index is 15.3. The van der Waals surface area contributed by atoms with E-state index in [9.17, 15) is 39.6 Å². The van der Waals surface area contributed by atoms with Gasteiger partial charge in [0.15, 0.2) is 15.5 Å². The predicted octanol–water partition coefficient (Wildman–Crippen LogP) is 3.73. The van der Waals surface area contributed by atoms with E-state index in [0.29, 0.717) is 12.1 Å². The Morgan fingerprint density at radius 1 is 1.05 bits per heavy atom. The van der Waals surface area contributed by atoms with Gasteiger partial charge in [0.25, 0.3) is 5.60 Å². The molecule has 3 aliphatic heterocycles. The highest BCUT2D eigenvalue weighted by atomic mass is 32.2. The number of carbonyl (C=O) groups is 1. The number of carbonyl (C=O) groups excluding carboxylic acids is 1. The molecule has 4 heterocycles. The average molecular weight is 565 g/mol. The fourth-order valence-corrected chi connectivity index (χ4v) is 6.09. The van der Waals surface area contributed by atoms with Gasteiger partial charge < -0.3 is 9.74 Å². The van der Waals surface area contributed by atoms with Gasteiger partial charge in [0, 0.05) is 17.3 Å². The normalized spacial score (nSPS) is 24.7. The Bertz CT molecular complexity index is 1410. The SMILES string of the molecule is O=C(C1CS(=O)(=O)C1)N1CC(F)(c2ccc(C3=NOC(c4cccc(C(F)(F)F)c4)(C(F)(F)F)C3)cn2)C1. The molecule has 38 heavy (non-hydrogen) atoms. The Morgan fingerprint density at radius 3 is 2.29 bits per heavy atom. The number of hydrogen-bond donors (Lipinski definition) is 0. The Kier molecular flexibility index (Phi) is 5.82. The van der Waals surface area contributed by atoms with Crippen LogP contribution in [0.25, 0.3) is 0 Å². The molecule has 0 saturated carbocycles. The number of rotatable bonds is 4. The second kappa shape index (κ2) is 8.38. The van der Waals surface area contributed by atoms with E-state index in [0.717, 1.165) is 18.3 Å². The summed E-state index contributed by atoms with van der Waals surface area (Å²) in [5.41, 5.74) is -7.53. The van der Waals surface area contributed by atoms with E-state index in [-0.39, 0.29) is 41.6 Å². The van der Waals surface area contributed by atoms with Crippen LogP contribution in [-0.2, 0) is 36.9 Å². The lowest BCUT2D eigenvalue weighted by Crippen LogP contribution is -2.62. The molecule has 0 bridgehead atoms. The van der Waals surface area contributed by atoms with Crippen LogP contribution in [0.2, 0.25) is 0 Å². The summed E-state index contributed by atoms with van der Waals surface area (Å²) < 4.78 is 119. The minimum absolute atomic E-state index is 0.0439. The number of hydrogen-bond acceptors (Lipinski definition) is 6. The van der Waals surface area contributed by atoms with Gasteiger partial charge in [-0.2, -0.15) is 26.3 Å². The Morgan fingerprint density at radius 2 is 1.74 bits per heavy atom. The average Bonchev–Trinajstić information content (AvgIpc) is 3.27. The molecule has 2 saturated heterocycles. The van der Waals surface area contributed by atoms with Gasteiger partial charge in [-0.05, 0) is 24.3 Å². The Labute approximate surface area is 211 Å². The first-order valence-corrected chi connectivity index (χ1v) is 13.0. The summed E-state index contributed by atoms with van der Waals surface area (Å²) in [7, 11) is -3.23. The molecule has 15 heteroatoms. The summed E-state index contributed by atoms with van der Waals surface area (Å²) in [4.78, 5) is 22.2. The van der Waals surface area contributed by atoms with Crippen LogP contribution in [0, 0.1) is 5.92 Å². The highest BCUT2D eigenvalue weighted by Gasteiger charge is 2.62. The van der Waals surface area contributed by atoms with E-state index in [4.69, 9.17) is 4.84 Å². The van der Waals surface area contributed by atoms with E-state index >= 15 is 4.39 Å². The molecule has 1 aromatic carbocycles. The number of halogens is 7. The van der Waals surface area contributed by atoms with Crippen molar-refractivity contribution in [3.8, 4) is 0 Å². The first kappa shape index (κ1) is 26.4. The van der Waals surface area contributed by atoms with Crippen molar-refractivity contribution in [1.29, 1.82) is 0 Å². The maximum Gasteiger partial charge on any atom is 0.435 e. The minimum atomic E-state index is -5.12. The second-order valence-electron chi connectivity index (χ2n) is 9.57. The van der Waals surface area contributed by atoms with Gasteiger partial charge in [-0.15, -0.1) is 0 Å². The molecular formula is C23H18F7N3O4S.